The van der Waals surface area contributed by atoms with E-state index in [-0.39, 0.29) is 0 Å². The van der Waals surface area contributed by atoms with Crippen molar-refractivity contribution < 1.29 is 0 Å². The number of aromatic nitrogens is 2. The second-order valence-corrected chi connectivity index (χ2v) is 8.61. The summed E-state index contributed by atoms with van der Waals surface area (Å²) in [6.07, 6.45) is 22.0. The Morgan fingerprint density at radius 2 is 1.31 bits per heavy atom. The molecule has 0 atom stereocenters. The third kappa shape index (κ3) is 10.1. The Labute approximate surface area is 180 Å². The Morgan fingerprint density at radius 1 is 0.655 bits per heavy atom. The van der Waals surface area contributed by atoms with Crippen LogP contribution in [0, 0.1) is 0 Å². The van der Waals surface area contributed by atoms with Crippen molar-refractivity contribution in [3.63, 3.8) is 0 Å². The fraction of sp³-hybridized carbons (Fsp3) is 0.667. The van der Waals surface area contributed by atoms with E-state index < -0.39 is 0 Å². The number of aryl methyl sites for hydroxylation is 4. The first-order valence-electron chi connectivity index (χ1n) is 12.4. The van der Waals surface area contributed by atoms with E-state index in [2.05, 4.69) is 54.9 Å². The van der Waals surface area contributed by atoms with Crippen LogP contribution in [0.15, 0.2) is 36.5 Å². The van der Waals surface area contributed by atoms with Crippen LogP contribution in [-0.2, 0) is 25.8 Å². The highest BCUT2D eigenvalue weighted by Gasteiger charge is 2.07. The summed E-state index contributed by atoms with van der Waals surface area (Å²) in [6.45, 7) is 5.70. The van der Waals surface area contributed by atoms with Crippen molar-refractivity contribution in [3.8, 4) is 0 Å². The van der Waals surface area contributed by atoms with Crippen LogP contribution in [0.3, 0.4) is 0 Å². The number of unbranched alkanes of at least 4 members (excludes halogenated alkanes) is 9. The van der Waals surface area contributed by atoms with Gasteiger partial charge in [0.2, 0.25) is 0 Å². The molecule has 0 saturated heterocycles. The molecule has 0 spiro atoms. The number of imidazole rings is 1. The smallest absolute Gasteiger partial charge is 0.108 e. The molecule has 2 rings (SSSR count). The lowest BCUT2D eigenvalue weighted by molar-refractivity contribution is 0.527. The molecule has 1 heterocycles. The van der Waals surface area contributed by atoms with Gasteiger partial charge >= 0.3 is 0 Å². The van der Waals surface area contributed by atoms with Crippen molar-refractivity contribution in [3.05, 3.63) is 53.6 Å². The van der Waals surface area contributed by atoms with Gasteiger partial charge in [-0.15, -0.1) is 0 Å². The number of rotatable bonds is 17. The summed E-state index contributed by atoms with van der Waals surface area (Å²) in [5.41, 5.74) is 2.72. The second kappa shape index (κ2) is 15.3. The first-order valence-corrected chi connectivity index (χ1v) is 12.4. The first kappa shape index (κ1) is 23.7. The molecule has 0 aliphatic carbocycles. The van der Waals surface area contributed by atoms with Crippen molar-refractivity contribution in [2.45, 2.75) is 117 Å². The third-order valence-corrected chi connectivity index (χ3v) is 5.88. The second-order valence-electron chi connectivity index (χ2n) is 8.61. The Balaban J connectivity index is 1.64. The fourth-order valence-corrected chi connectivity index (χ4v) is 4.14. The van der Waals surface area contributed by atoms with Crippen LogP contribution < -0.4 is 0 Å². The number of hydrogen-bond acceptors (Lipinski definition) is 1. The lowest BCUT2D eigenvalue weighted by Crippen LogP contribution is -2.03. The van der Waals surface area contributed by atoms with Gasteiger partial charge in [-0.05, 0) is 37.7 Å². The van der Waals surface area contributed by atoms with Gasteiger partial charge in [-0.3, -0.25) is 0 Å². The Bertz CT molecular complexity index is 629. The van der Waals surface area contributed by atoms with Crippen molar-refractivity contribution in [2.24, 2.45) is 0 Å². The average Bonchev–Trinajstić information content (AvgIpc) is 3.12. The van der Waals surface area contributed by atoms with Gasteiger partial charge in [-0.1, -0.05) is 102 Å². The lowest BCUT2D eigenvalue weighted by Gasteiger charge is -2.07. The molecule has 0 aliphatic rings. The van der Waals surface area contributed by atoms with Crippen LogP contribution >= 0.6 is 0 Å². The molecule has 2 nitrogen and oxygen atoms in total. The zero-order valence-corrected chi connectivity index (χ0v) is 19.2. The van der Waals surface area contributed by atoms with Crippen LogP contribution in [0.1, 0.15) is 108 Å². The molecule has 0 N–H and O–H groups in total. The molecule has 29 heavy (non-hydrogen) atoms. The monoisotopic (exact) mass is 396 g/mol. The van der Waals surface area contributed by atoms with E-state index in [9.17, 15) is 0 Å². The Morgan fingerprint density at radius 3 is 1.97 bits per heavy atom. The maximum atomic E-state index is 4.96. The van der Waals surface area contributed by atoms with Crippen molar-refractivity contribution in [2.75, 3.05) is 0 Å². The van der Waals surface area contributed by atoms with Crippen LogP contribution in [0.25, 0.3) is 0 Å². The summed E-state index contributed by atoms with van der Waals surface area (Å²) in [5.74, 6) is 1.30. The van der Waals surface area contributed by atoms with E-state index in [1.54, 1.807) is 0 Å². The number of hydrogen-bond donors (Lipinski definition) is 0. The predicted molar refractivity (Wildman–Crippen MR) is 127 cm³/mol. The average molecular weight is 397 g/mol. The minimum atomic E-state index is 1.09. The summed E-state index contributed by atoms with van der Waals surface area (Å²) in [4.78, 5) is 4.96. The summed E-state index contributed by atoms with van der Waals surface area (Å²) in [5, 5.41) is 0. The molecule has 1 aromatic heterocycles. The van der Waals surface area contributed by atoms with E-state index in [0.29, 0.717) is 0 Å². The van der Waals surface area contributed by atoms with Gasteiger partial charge < -0.3 is 4.57 Å². The van der Waals surface area contributed by atoms with Gasteiger partial charge in [0.1, 0.15) is 5.82 Å². The molecule has 0 bridgehead atoms. The van der Waals surface area contributed by atoms with Crippen molar-refractivity contribution >= 4 is 0 Å². The standard InChI is InChI=1S/C27H44N2/c1-3-5-6-7-8-9-10-11-12-16-23-29-24-26(28-27(29)18-4-2)22-17-21-25-19-14-13-15-20-25/h13-15,19-20,24H,3-12,16-18,21-23H2,1-2H3. The topological polar surface area (TPSA) is 17.8 Å². The van der Waals surface area contributed by atoms with Crippen molar-refractivity contribution in [1.82, 2.24) is 9.55 Å². The van der Waals surface area contributed by atoms with Gasteiger partial charge in [0.15, 0.2) is 0 Å². The van der Waals surface area contributed by atoms with Crippen LogP contribution in [0.4, 0.5) is 0 Å². The van der Waals surface area contributed by atoms with Gasteiger partial charge in [-0.25, -0.2) is 4.98 Å². The van der Waals surface area contributed by atoms with Gasteiger partial charge in [0, 0.05) is 19.2 Å². The minimum absolute atomic E-state index is 1.09. The molecule has 0 aliphatic heterocycles. The summed E-state index contributed by atoms with van der Waals surface area (Å²) in [7, 11) is 0. The molecule has 1 aromatic carbocycles. The van der Waals surface area contributed by atoms with E-state index >= 15 is 0 Å². The number of nitrogens with zero attached hydrogens (tertiary/aromatic N) is 2. The maximum absolute atomic E-state index is 4.96. The molecule has 0 amide bonds. The summed E-state index contributed by atoms with van der Waals surface area (Å²) < 4.78 is 2.45. The highest BCUT2D eigenvalue weighted by molar-refractivity contribution is 5.15. The molecule has 2 heteroatoms. The van der Waals surface area contributed by atoms with Gasteiger partial charge in [0.25, 0.3) is 0 Å². The molecular formula is C27H44N2. The largest absolute Gasteiger partial charge is 0.335 e. The molecule has 2 aromatic rings. The van der Waals surface area contributed by atoms with Crippen LogP contribution in [-0.4, -0.2) is 9.55 Å². The predicted octanol–water partition coefficient (Wildman–Crippen LogP) is 7.93. The lowest BCUT2D eigenvalue weighted by atomic mass is 10.1. The number of benzene rings is 1. The van der Waals surface area contributed by atoms with Crippen LogP contribution in [0.2, 0.25) is 0 Å². The van der Waals surface area contributed by atoms with E-state index in [1.165, 1.54) is 94.1 Å². The maximum Gasteiger partial charge on any atom is 0.108 e. The highest BCUT2D eigenvalue weighted by atomic mass is 15.1. The van der Waals surface area contributed by atoms with E-state index in [4.69, 9.17) is 4.98 Å². The van der Waals surface area contributed by atoms with Gasteiger partial charge in [-0.2, -0.15) is 0 Å². The summed E-state index contributed by atoms with van der Waals surface area (Å²) >= 11 is 0. The van der Waals surface area contributed by atoms with E-state index in [0.717, 1.165) is 25.8 Å². The molecule has 0 fully saturated rings. The molecular weight excluding hydrogens is 352 g/mol. The zero-order chi connectivity index (χ0) is 20.6. The Kier molecular flexibility index (Phi) is 12.5. The molecule has 0 saturated carbocycles. The highest BCUT2D eigenvalue weighted by Crippen LogP contribution is 2.14. The molecule has 0 radical (unpaired) electrons. The third-order valence-electron chi connectivity index (χ3n) is 5.88. The summed E-state index contributed by atoms with van der Waals surface area (Å²) in [6, 6.07) is 10.8. The minimum Gasteiger partial charge on any atom is -0.335 e. The fourth-order valence-electron chi connectivity index (χ4n) is 4.14. The normalized spacial score (nSPS) is 11.2. The van der Waals surface area contributed by atoms with Crippen molar-refractivity contribution in [1.29, 1.82) is 0 Å². The van der Waals surface area contributed by atoms with Crippen LogP contribution in [0.5, 0.6) is 0 Å². The van der Waals surface area contributed by atoms with E-state index in [1.807, 2.05) is 0 Å². The van der Waals surface area contributed by atoms with Gasteiger partial charge in [0.05, 0.1) is 5.69 Å². The quantitative estimate of drug-likeness (QED) is 0.248. The molecule has 162 valence electrons. The molecule has 0 unspecified atom stereocenters. The Hall–Kier alpha value is -1.57. The SMILES string of the molecule is CCCCCCCCCCCCn1cc(CCCc2ccccc2)nc1CCC. The first-order chi connectivity index (χ1) is 14.3. The zero-order valence-electron chi connectivity index (χ0n) is 19.2.